The summed E-state index contributed by atoms with van der Waals surface area (Å²) in [4.78, 5) is 11.5. The summed E-state index contributed by atoms with van der Waals surface area (Å²) in [6.07, 6.45) is 5.61. The number of aromatic nitrogens is 2. The molecule has 1 unspecified atom stereocenters. The molecule has 1 saturated heterocycles. The van der Waals surface area contributed by atoms with E-state index >= 15 is 0 Å². The van der Waals surface area contributed by atoms with E-state index in [1.54, 1.807) is 4.68 Å². The minimum atomic E-state index is -0.106. The number of ether oxygens (including phenoxy) is 1. The molecule has 1 aromatic heterocycles. The topological polar surface area (TPSA) is 68.2 Å². The highest BCUT2D eigenvalue weighted by molar-refractivity contribution is 5.73. The molecular formula is C12H20N4O2. The smallest absolute Gasteiger partial charge is 0.314 e. The molecule has 0 radical (unpaired) electrons. The van der Waals surface area contributed by atoms with Crippen LogP contribution >= 0.6 is 0 Å². The zero-order valence-electron chi connectivity index (χ0n) is 10.7. The number of nitrogens with zero attached hydrogens (tertiary/aromatic N) is 2. The summed E-state index contributed by atoms with van der Waals surface area (Å²) in [6.45, 7) is 2.89. The summed E-state index contributed by atoms with van der Waals surface area (Å²) < 4.78 is 7.01. The molecule has 6 heteroatoms. The van der Waals surface area contributed by atoms with Crippen LogP contribution in [-0.4, -0.2) is 42.1 Å². The number of carbonyl (C=O) groups is 1. The molecule has 2 amide bonds. The average Bonchev–Trinajstić information content (AvgIpc) is 2.98. The molecule has 2 rings (SSSR count). The normalized spacial score (nSPS) is 18.8. The van der Waals surface area contributed by atoms with Gasteiger partial charge in [-0.05, 0) is 18.4 Å². The molecule has 0 aliphatic carbocycles. The van der Waals surface area contributed by atoms with Crippen LogP contribution in [0.25, 0.3) is 0 Å². The standard InChI is InChI=1S/C12H20N4O2/c1-16-8-10(7-15-16)2-4-13-12(17)14-6-11-3-5-18-9-11/h7-8,11H,2-6,9H2,1H3,(H2,13,14,17). The van der Waals surface area contributed by atoms with E-state index in [0.717, 1.165) is 31.6 Å². The molecule has 1 aromatic rings. The monoisotopic (exact) mass is 252 g/mol. The van der Waals surface area contributed by atoms with Crippen molar-refractivity contribution >= 4 is 6.03 Å². The van der Waals surface area contributed by atoms with E-state index in [0.29, 0.717) is 19.0 Å². The maximum atomic E-state index is 11.5. The van der Waals surface area contributed by atoms with Crippen LogP contribution in [0.2, 0.25) is 0 Å². The Labute approximate surface area is 107 Å². The van der Waals surface area contributed by atoms with Crippen LogP contribution in [0.1, 0.15) is 12.0 Å². The number of aryl methyl sites for hydroxylation is 1. The van der Waals surface area contributed by atoms with Gasteiger partial charge in [0, 0.05) is 38.9 Å². The largest absolute Gasteiger partial charge is 0.381 e. The summed E-state index contributed by atoms with van der Waals surface area (Å²) in [6, 6.07) is -0.106. The molecule has 0 spiro atoms. The Hall–Kier alpha value is -1.56. The average molecular weight is 252 g/mol. The minimum Gasteiger partial charge on any atom is -0.381 e. The van der Waals surface area contributed by atoms with Crippen LogP contribution in [0, 0.1) is 5.92 Å². The molecule has 2 N–H and O–H groups in total. The van der Waals surface area contributed by atoms with Crippen molar-refractivity contribution in [2.45, 2.75) is 12.8 Å². The first-order valence-corrected chi connectivity index (χ1v) is 6.31. The lowest BCUT2D eigenvalue weighted by molar-refractivity contribution is 0.185. The molecule has 0 saturated carbocycles. The van der Waals surface area contributed by atoms with Crippen LogP contribution < -0.4 is 10.6 Å². The van der Waals surface area contributed by atoms with E-state index in [2.05, 4.69) is 15.7 Å². The molecule has 1 aliphatic heterocycles. The molecule has 1 aliphatic rings. The van der Waals surface area contributed by atoms with E-state index in [1.807, 2.05) is 19.4 Å². The predicted molar refractivity (Wildman–Crippen MR) is 67.2 cm³/mol. The number of nitrogens with one attached hydrogen (secondary N) is 2. The highest BCUT2D eigenvalue weighted by Gasteiger charge is 2.15. The van der Waals surface area contributed by atoms with E-state index in [-0.39, 0.29) is 6.03 Å². The van der Waals surface area contributed by atoms with Crippen LogP contribution in [0.4, 0.5) is 4.79 Å². The Morgan fingerprint density at radius 3 is 3.17 bits per heavy atom. The van der Waals surface area contributed by atoms with Crippen molar-refractivity contribution in [3.63, 3.8) is 0 Å². The third-order valence-corrected chi connectivity index (χ3v) is 3.03. The Bertz CT molecular complexity index is 385. The zero-order valence-corrected chi connectivity index (χ0v) is 10.7. The fourth-order valence-electron chi connectivity index (χ4n) is 1.97. The Morgan fingerprint density at radius 2 is 2.50 bits per heavy atom. The van der Waals surface area contributed by atoms with E-state index in [9.17, 15) is 4.79 Å². The first-order chi connectivity index (χ1) is 8.74. The summed E-state index contributed by atoms with van der Waals surface area (Å²) in [5.74, 6) is 0.467. The van der Waals surface area contributed by atoms with Crippen molar-refractivity contribution in [1.82, 2.24) is 20.4 Å². The molecule has 1 fully saturated rings. The van der Waals surface area contributed by atoms with Gasteiger partial charge in [-0.2, -0.15) is 5.10 Å². The van der Waals surface area contributed by atoms with Crippen molar-refractivity contribution < 1.29 is 9.53 Å². The highest BCUT2D eigenvalue weighted by atomic mass is 16.5. The quantitative estimate of drug-likeness (QED) is 0.792. The van der Waals surface area contributed by atoms with E-state index in [4.69, 9.17) is 4.74 Å². The van der Waals surface area contributed by atoms with Gasteiger partial charge in [0.05, 0.1) is 12.8 Å². The molecule has 0 aromatic carbocycles. The van der Waals surface area contributed by atoms with Gasteiger partial charge in [-0.15, -0.1) is 0 Å². The van der Waals surface area contributed by atoms with Gasteiger partial charge in [-0.25, -0.2) is 4.79 Å². The maximum Gasteiger partial charge on any atom is 0.314 e. The highest BCUT2D eigenvalue weighted by Crippen LogP contribution is 2.10. The number of amides is 2. The number of rotatable bonds is 5. The Morgan fingerprint density at radius 1 is 1.61 bits per heavy atom. The summed E-state index contributed by atoms with van der Waals surface area (Å²) in [7, 11) is 1.88. The molecule has 100 valence electrons. The summed E-state index contributed by atoms with van der Waals surface area (Å²) in [5, 5.41) is 9.78. The van der Waals surface area contributed by atoms with E-state index < -0.39 is 0 Å². The fourth-order valence-corrected chi connectivity index (χ4v) is 1.97. The van der Waals surface area contributed by atoms with Gasteiger partial charge in [0.15, 0.2) is 0 Å². The van der Waals surface area contributed by atoms with Gasteiger partial charge in [0.2, 0.25) is 0 Å². The predicted octanol–water partition coefficient (Wildman–Crippen LogP) is 0.298. The lowest BCUT2D eigenvalue weighted by Crippen LogP contribution is -2.39. The SMILES string of the molecule is Cn1cc(CCNC(=O)NCC2CCOC2)cn1. The second-order valence-corrected chi connectivity index (χ2v) is 4.64. The molecule has 2 heterocycles. The van der Waals surface area contributed by atoms with Crippen molar-refractivity contribution in [2.75, 3.05) is 26.3 Å². The first-order valence-electron chi connectivity index (χ1n) is 6.31. The van der Waals surface area contributed by atoms with Crippen molar-refractivity contribution in [1.29, 1.82) is 0 Å². The lowest BCUT2D eigenvalue weighted by Gasteiger charge is -2.10. The van der Waals surface area contributed by atoms with E-state index in [1.165, 1.54) is 0 Å². The number of hydrogen-bond donors (Lipinski definition) is 2. The number of urea groups is 1. The number of carbonyl (C=O) groups excluding carboxylic acids is 1. The van der Waals surface area contributed by atoms with Gasteiger partial charge in [0.25, 0.3) is 0 Å². The van der Waals surface area contributed by atoms with Crippen LogP contribution in [0.15, 0.2) is 12.4 Å². The first kappa shape index (κ1) is 12.9. The van der Waals surface area contributed by atoms with Crippen LogP contribution in [-0.2, 0) is 18.2 Å². The second kappa shape index (κ2) is 6.39. The minimum absolute atomic E-state index is 0.106. The molecule has 0 bridgehead atoms. The van der Waals surface area contributed by atoms with Gasteiger partial charge < -0.3 is 15.4 Å². The summed E-state index contributed by atoms with van der Waals surface area (Å²) in [5.41, 5.74) is 1.13. The molecule has 18 heavy (non-hydrogen) atoms. The number of hydrogen-bond acceptors (Lipinski definition) is 3. The van der Waals surface area contributed by atoms with Crippen molar-refractivity contribution in [2.24, 2.45) is 13.0 Å². The molecular weight excluding hydrogens is 232 g/mol. The fraction of sp³-hybridized carbons (Fsp3) is 0.667. The zero-order chi connectivity index (χ0) is 12.8. The van der Waals surface area contributed by atoms with Crippen LogP contribution in [0.3, 0.4) is 0 Å². The lowest BCUT2D eigenvalue weighted by atomic mass is 10.1. The second-order valence-electron chi connectivity index (χ2n) is 4.64. The molecule has 6 nitrogen and oxygen atoms in total. The van der Waals surface area contributed by atoms with Crippen molar-refractivity contribution in [3.8, 4) is 0 Å². The third-order valence-electron chi connectivity index (χ3n) is 3.03. The van der Waals surface area contributed by atoms with Gasteiger partial charge in [-0.3, -0.25) is 4.68 Å². The Balaban J connectivity index is 1.57. The van der Waals surface area contributed by atoms with Gasteiger partial charge in [0.1, 0.15) is 0 Å². The molecule has 1 atom stereocenters. The van der Waals surface area contributed by atoms with Crippen molar-refractivity contribution in [3.05, 3.63) is 18.0 Å². The third kappa shape index (κ3) is 4.03. The Kier molecular flexibility index (Phi) is 4.58. The van der Waals surface area contributed by atoms with Crippen LogP contribution in [0.5, 0.6) is 0 Å². The van der Waals surface area contributed by atoms with Gasteiger partial charge in [-0.1, -0.05) is 0 Å². The maximum absolute atomic E-state index is 11.5. The van der Waals surface area contributed by atoms with Gasteiger partial charge >= 0.3 is 6.03 Å². The summed E-state index contributed by atoms with van der Waals surface area (Å²) >= 11 is 0.